The van der Waals surface area contributed by atoms with Gasteiger partial charge in [-0.15, -0.1) is 0 Å². The average molecular weight is 326 g/mol. The molecule has 1 spiro atoms. The first-order chi connectivity index (χ1) is 11.6. The van der Waals surface area contributed by atoms with Gasteiger partial charge in [0, 0.05) is 24.3 Å². The minimum absolute atomic E-state index is 0.0180. The number of hydrogen-bond donors (Lipinski definition) is 1. The summed E-state index contributed by atoms with van der Waals surface area (Å²) in [5, 5.41) is 13.1. The highest BCUT2D eigenvalue weighted by Gasteiger charge is 2.55. The van der Waals surface area contributed by atoms with Gasteiger partial charge in [-0.2, -0.15) is 5.26 Å². The van der Waals surface area contributed by atoms with E-state index in [-0.39, 0.29) is 5.41 Å². The van der Waals surface area contributed by atoms with Crippen LogP contribution >= 0.6 is 0 Å². The summed E-state index contributed by atoms with van der Waals surface area (Å²) >= 11 is 0. The smallest absolute Gasteiger partial charge is 0.169 e. The van der Waals surface area contributed by atoms with Crippen LogP contribution in [0, 0.1) is 17.2 Å². The average Bonchev–Trinajstić information content (AvgIpc) is 3.02. The molecule has 1 saturated carbocycles. The molecule has 0 radical (unpaired) electrons. The van der Waals surface area contributed by atoms with Crippen molar-refractivity contribution in [3.8, 4) is 6.07 Å². The molecule has 4 heteroatoms. The lowest BCUT2D eigenvalue weighted by molar-refractivity contribution is -0.201. The third-order valence-corrected chi connectivity index (χ3v) is 6.35. The zero-order valence-corrected chi connectivity index (χ0v) is 14.6. The lowest BCUT2D eigenvalue weighted by Crippen LogP contribution is -2.57. The third kappa shape index (κ3) is 2.38. The maximum Gasteiger partial charge on any atom is 0.169 e. The number of ether oxygens (including phenoxy) is 2. The van der Waals surface area contributed by atoms with Crippen molar-refractivity contribution in [3.63, 3.8) is 0 Å². The van der Waals surface area contributed by atoms with E-state index in [1.807, 2.05) is 6.07 Å². The fourth-order valence-corrected chi connectivity index (χ4v) is 5.37. The van der Waals surface area contributed by atoms with Crippen molar-refractivity contribution in [2.24, 2.45) is 5.92 Å². The molecule has 0 bridgehead atoms. The Morgan fingerprint density at radius 3 is 2.83 bits per heavy atom. The van der Waals surface area contributed by atoms with Gasteiger partial charge in [0.15, 0.2) is 5.79 Å². The number of hydrogen-bond acceptors (Lipinski definition) is 4. The van der Waals surface area contributed by atoms with E-state index in [0.29, 0.717) is 25.2 Å². The minimum Gasteiger partial charge on any atom is -0.348 e. The number of nitrogens with zero attached hydrogens (tertiary/aromatic N) is 1. The molecule has 4 rings (SSSR count). The van der Waals surface area contributed by atoms with Gasteiger partial charge < -0.3 is 14.8 Å². The number of nitrogens with one attached hydrogen (secondary N) is 1. The van der Waals surface area contributed by atoms with Crippen LogP contribution in [-0.2, 0) is 21.3 Å². The van der Waals surface area contributed by atoms with Crippen molar-refractivity contribution in [1.82, 2.24) is 5.32 Å². The van der Waals surface area contributed by atoms with Gasteiger partial charge in [-0.3, -0.25) is 0 Å². The van der Waals surface area contributed by atoms with Crippen LogP contribution in [0.1, 0.15) is 49.8 Å². The Morgan fingerprint density at radius 1 is 1.33 bits per heavy atom. The van der Waals surface area contributed by atoms with Gasteiger partial charge >= 0.3 is 0 Å². The van der Waals surface area contributed by atoms with Crippen molar-refractivity contribution >= 4 is 0 Å². The summed E-state index contributed by atoms with van der Waals surface area (Å²) in [5.74, 6) is 0.136. The molecule has 3 aliphatic rings. The molecule has 1 aliphatic heterocycles. The number of nitriles is 1. The van der Waals surface area contributed by atoms with Gasteiger partial charge in [-0.1, -0.05) is 19.9 Å². The molecule has 1 saturated heterocycles. The van der Waals surface area contributed by atoms with E-state index in [4.69, 9.17) is 9.47 Å². The molecule has 0 amide bonds. The van der Waals surface area contributed by atoms with E-state index in [1.165, 1.54) is 11.1 Å². The summed E-state index contributed by atoms with van der Waals surface area (Å²) in [4.78, 5) is 0. The second kappa shape index (κ2) is 5.84. The predicted molar refractivity (Wildman–Crippen MR) is 91.7 cm³/mol. The Bertz CT molecular complexity index is 675. The number of likely N-dealkylation sites (N-methyl/N-ethyl adjacent to an activating group) is 1. The Morgan fingerprint density at radius 2 is 2.12 bits per heavy atom. The standard InChI is InChI=1S/C20H26N2O2/c1-3-22-18-11-15-5-4-14(12-21)10-17(15)19(2)13-20(7-6-16(18)19)23-8-9-24-20/h4-5,10,16,18,22H,3,6-9,11,13H2,1-2H3/t16-,18+,19-/m0/s1. The molecule has 1 aromatic carbocycles. The minimum atomic E-state index is -0.417. The topological polar surface area (TPSA) is 54.3 Å². The molecular formula is C20H26N2O2. The molecule has 1 N–H and O–H groups in total. The van der Waals surface area contributed by atoms with Crippen molar-refractivity contribution in [3.05, 3.63) is 34.9 Å². The van der Waals surface area contributed by atoms with Gasteiger partial charge in [-0.25, -0.2) is 0 Å². The summed E-state index contributed by atoms with van der Waals surface area (Å²) in [7, 11) is 0. The molecule has 4 nitrogen and oxygen atoms in total. The van der Waals surface area contributed by atoms with E-state index in [9.17, 15) is 5.26 Å². The zero-order chi connectivity index (χ0) is 16.8. The van der Waals surface area contributed by atoms with Gasteiger partial charge in [0.2, 0.25) is 0 Å². The van der Waals surface area contributed by atoms with Gasteiger partial charge in [0.1, 0.15) is 0 Å². The quantitative estimate of drug-likeness (QED) is 0.908. The molecule has 1 heterocycles. The van der Waals surface area contributed by atoms with Crippen molar-refractivity contribution in [2.45, 2.75) is 56.8 Å². The first kappa shape index (κ1) is 16.1. The van der Waals surface area contributed by atoms with Crippen LogP contribution < -0.4 is 5.32 Å². The van der Waals surface area contributed by atoms with Crippen LogP contribution in [0.3, 0.4) is 0 Å². The Hall–Kier alpha value is -1.41. The maximum atomic E-state index is 9.35. The van der Waals surface area contributed by atoms with E-state index < -0.39 is 5.79 Å². The van der Waals surface area contributed by atoms with Crippen molar-refractivity contribution in [1.29, 1.82) is 5.26 Å². The van der Waals surface area contributed by atoms with Gasteiger partial charge in [0.05, 0.1) is 24.8 Å². The highest BCUT2D eigenvalue weighted by atomic mass is 16.7. The predicted octanol–water partition coefficient (Wildman–Crippen LogP) is 2.89. The van der Waals surface area contributed by atoms with Crippen LogP contribution in [0.25, 0.3) is 0 Å². The first-order valence-corrected chi connectivity index (χ1v) is 9.15. The fraction of sp³-hybridized carbons (Fsp3) is 0.650. The van der Waals surface area contributed by atoms with E-state index in [1.54, 1.807) is 0 Å². The zero-order valence-electron chi connectivity index (χ0n) is 14.6. The fourth-order valence-electron chi connectivity index (χ4n) is 5.37. The summed E-state index contributed by atoms with van der Waals surface area (Å²) in [6.45, 7) is 6.91. The van der Waals surface area contributed by atoms with Gasteiger partial charge in [-0.05, 0) is 48.6 Å². The lowest BCUT2D eigenvalue weighted by Gasteiger charge is -2.54. The van der Waals surface area contributed by atoms with Gasteiger partial charge in [0.25, 0.3) is 0 Å². The van der Waals surface area contributed by atoms with E-state index in [2.05, 4.69) is 37.4 Å². The first-order valence-electron chi connectivity index (χ1n) is 9.15. The Kier molecular flexibility index (Phi) is 3.91. The number of rotatable bonds is 2. The molecule has 0 aromatic heterocycles. The number of fused-ring (bicyclic) bond motifs is 3. The number of benzene rings is 1. The third-order valence-electron chi connectivity index (χ3n) is 6.35. The lowest BCUT2D eigenvalue weighted by atomic mass is 9.55. The van der Waals surface area contributed by atoms with Crippen molar-refractivity contribution in [2.75, 3.05) is 19.8 Å². The molecule has 2 fully saturated rings. The van der Waals surface area contributed by atoms with Crippen LogP contribution in [0.15, 0.2) is 18.2 Å². The SMILES string of the molecule is CCN[C@@H]1Cc2ccc(C#N)cc2[C@@]2(C)CC3(CC[C@@H]12)OCCO3. The molecule has 2 aliphatic carbocycles. The van der Waals surface area contributed by atoms with Crippen LogP contribution in [0.4, 0.5) is 0 Å². The molecule has 1 aromatic rings. The summed E-state index contributed by atoms with van der Waals surface area (Å²) in [6.07, 6.45) is 4.01. The second-order valence-electron chi connectivity index (χ2n) is 7.70. The Labute approximate surface area is 144 Å². The summed E-state index contributed by atoms with van der Waals surface area (Å²) < 4.78 is 12.1. The molecule has 24 heavy (non-hydrogen) atoms. The highest BCUT2D eigenvalue weighted by Crippen LogP contribution is 2.54. The molecule has 3 atom stereocenters. The maximum absolute atomic E-state index is 9.35. The van der Waals surface area contributed by atoms with Crippen LogP contribution in [0.2, 0.25) is 0 Å². The normalized spacial score (nSPS) is 33.7. The largest absolute Gasteiger partial charge is 0.348 e. The highest BCUT2D eigenvalue weighted by molar-refractivity contribution is 5.45. The molecule has 128 valence electrons. The summed E-state index contributed by atoms with van der Waals surface area (Å²) in [6, 6.07) is 9.01. The van der Waals surface area contributed by atoms with Crippen LogP contribution in [-0.4, -0.2) is 31.6 Å². The van der Waals surface area contributed by atoms with E-state index >= 15 is 0 Å². The Balaban J connectivity index is 1.79. The summed E-state index contributed by atoms with van der Waals surface area (Å²) in [5.41, 5.74) is 3.44. The molecule has 0 unspecified atom stereocenters. The second-order valence-corrected chi connectivity index (χ2v) is 7.70. The monoisotopic (exact) mass is 326 g/mol. The molecular weight excluding hydrogens is 300 g/mol. The van der Waals surface area contributed by atoms with Crippen LogP contribution in [0.5, 0.6) is 0 Å². The van der Waals surface area contributed by atoms with Crippen molar-refractivity contribution < 1.29 is 9.47 Å². The van der Waals surface area contributed by atoms with E-state index in [0.717, 1.165) is 37.8 Å².